The molecule has 1 aliphatic heterocycles. The number of aliphatic imine (C=N–C) groups is 1. The zero-order valence-corrected chi connectivity index (χ0v) is 16.5. The molecular formula is C17H24NO10S-. The molecule has 0 bridgehead atoms. The van der Waals surface area contributed by atoms with Crippen LogP contribution in [0.1, 0.15) is 12.5 Å². The van der Waals surface area contributed by atoms with E-state index in [1.807, 2.05) is 6.07 Å². The van der Waals surface area contributed by atoms with Gasteiger partial charge in [-0.25, -0.2) is 4.18 Å². The molecule has 1 heterocycles. The number of hydrogen-bond acceptors (Lipinski definition) is 10. The van der Waals surface area contributed by atoms with E-state index in [0.29, 0.717) is 0 Å². The maximum absolute atomic E-state index is 11.5. The SMILES string of the molecule is CC([O-])=N[C@H]1[C@@H](OCCO)O[C@H](COS(=O)(=O)O)[C@@H](OCc2ccccc2)[C@@H]1O. The predicted octanol–water partition coefficient (Wildman–Crippen LogP) is -1.37. The molecule has 1 fully saturated rings. The maximum Gasteiger partial charge on any atom is 0.397 e. The van der Waals surface area contributed by atoms with Crippen LogP contribution in [0.2, 0.25) is 0 Å². The number of hydrogen-bond donors (Lipinski definition) is 3. The van der Waals surface area contributed by atoms with E-state index in [-0.39, 0.29) is 19.8 Å². The summed E-state index contributed by atoms with van der Waals surface area (Å²) in [7, 11) is -4.77. The van der Waals surface area contributed by atoms with Crippen LogP contribution in [0.25, 0.3) is 0 Å². The molecule has 3 N–H and O–H groups in total. The number of aliphatic hydroxyl groups excluding tert-OH is 2. The highest BCUT2D eigenvalue weighted by atomic mass is 32.3. The van der Waals surface area contributed by atoms with Gasteiger partial charge in [-0.15, -0.1) is 0 Å². The fraction of sp³-hybridized carbons (Fsp3) is 0.588. The normalized spacial score (nSPS) is 28.4. The van der Waals surface area contributed by atoms with Crippen molar-refractivity contribution in [3.05, 3.63) is 35.9 Å². The van der Waals surface area contributed by atoms with E-state index in [4.69, 9.17) is 23.9 Å². The fourth-order valence-electron chi connectivity index (χ4n) is 2.82. The van der Waals surface area contributed by atoms with Crippen molar-refractivity contribution in [2.45, 2.75) is 44.2 Å². The second-order valence-electron chi connectivity index (χ2n) is 6.24. The zero-order chi connectivity index (χ0) is 21.4. The standard InChI is InChI=1S/C17H25NO10S/c1-11(20)18-14-15(21)16(26-9-12-5-3-2-4-6-12)13(10-27-29(22,23)24)28-17(14)25-8-7-19/h2-6,13-17,19,21H,7-10H2,1H3,(H,18,20)(H,22,23,24)/p-1/t13-,14-,15-,16-,17+/m1/s1. The molecule has 0 spiro atoms. The quantitative estimate of drug-likeness (QED) is 0.227. The Balaban J connectivity index is 2.23. The van der Waals surface area contributed by atoms with Crippen LogP contribution in [0.4, 0.5) is 0 Å². The molecule has 29 heavy (non-hydrogen) atoms. The van der Waals surface area contributed by atoms with Gasteiger partial charge in [0.25, 0.3) is 0 Å². The third-order valence-electron chi connectivity index (χ3n) is 4.01. The Labute approximate surface area is 168 Å². The Morgan fingerprint density at radius 1 is 1.28 bits per heavy atom. The van der Waals surface area contributed by atoms with Gasteiger partial charge < -0.3 is 29.5 Å². The van der Waals surface area contributed by atoms with Gasteiger partial charge in [-0.3, -0.25) is 9.55 Å². The van der Waals surface area contributed by atoms with Crippen LogP contribution in [0.15, 0.2) is 35.3 Å². The van der Waals surface area contributed by atoms with E-state index in [2.05, 4.69) is 9.18 Å². The predicted molar refractivity (Wildman–Crippen MR) is 97.1 cm³/mol. The monoisotopic (exact) mass is 434 g/mol. The Morgan fingerprint density at radius 2 is 1.97 bits per heavy atom. The van der Waals surface area contributed by atoms with E-state index < -0.39 is 53.5 Å². The minimum Gasteiger partial charge on any atom is -0.862 e. The first-order chi connectivity index (χ1) is 13.7. The molecule has 0 aromatic heterocycles. The molecule has 11 nitrogen and oxygen atoms in total. The second kappa shape index (κ2) is 10.9. The van der Waals surface area contributed by atoms with Gasteiger partial charge in [-0.2, -0.15) is 8.42 Å². The Kier molecular flexibility index (Phi) is 8.92. The highest BCUT2D eigenvalue weighted by Crippen LogP contribution is 2.28. The molecule has 1 aromatic carbocycles. The fourth-order valence-corrected chi connectivity index (χ4v) is 3.13. The van der Waals surface area contributed by atoms with Gasteiger partial charge in [0.05, 0.1) is 26.4 Å². The molecule has 0 aliphatic carbocycles. The van der Waals surface area contributed by atoms with Crippen LogP contribution in [-0.4, -0.2) is 79.5 Å². The summed E-state index contributed by atoms with van der Waals surface area (Å²) >= 11 is 0. The van der Waals surface area contributed by atoms with Crippen molar-refractivity contribution in [2.75, 3.05) is 19.8 Å². The molecule has 1 saturated heterocycles. The van der Waals surface area contributed by atoms with Crippen molar-refractivity contribution >= 4 is 16.3 Å². The molecule has 0 saturated carbocycles. The molecule has 5 atom stereocenters. The third-order valence-corrected chi connectivity index (χ3v) is 4.45. The van der Waals surface area contributed by atoms with E-state index >= 15 is 0 Å². The van der Waals surface area contributed by atoms with Crippen LogP contribution in [-0.2, 0) is 35.4 Å². The third kappa shape index (κ3) is 7.60. The smallest absolute Gasteiger partial charge is 0.397 e. The summed E-state index contributed by atoms with van der Waals surface area (Å²) in [5.41, 5.74) is 0.771. The lowest BCUT2D eigenvalue weighted by atomic mass is 9.97. The van der Waals surface area contributed by atoms with Gasteiger partial charge >= 0.3 is 10.4 Å². The lowest BCUT2D eigenvalue weighted by Crippen LogP contribution is -2.60. The Morgan fingerprint density at radius 3 is 2.55 bits per heavy atom. The summed E-state index contributed by atoms with van der Waals surface area (Å²) in [5.74, 6) is -0.593. The number of ether oxygens (including phenoxy) is 3. The van der Waals surface area contributed by atoms with Gasteiger partial charge in [0.1, 0.15) is 24.4 Å². The zero-order valence-electron chi connectivity index (χ0n) is 15.7. The molecule has 0 amide bonds. The van der Waals surface area contributed by atoms with Gasteiger partial charge in [0.2, 0.25) is 0 Å². The minimum absolute atomic E-state index is 0.0449. The average molecular weight is 434 g/mol. The summed E-state index contributed by atoms with van der Waals surface area (Å²) in [6.07, 6.45) is -5.03. The largest absolute Gasteiger partial charge is 0.862 e. The van der Waals surface area contributed by atoms with Crippen LogP contribution in [0.5, 0.6) is 0 Å². The first kappa shape index (κ1) is 23.6. The Hall–Kier alpha value is -1.64. The van der Waals surface area contributed by atoms with Crippen LogP contribution >= 0.6 is 0 Å². The summed E-state index contributed by atoms with van der Waals surface area (Å²) in [5, 5.41) is 31.2. The van der Waals surface area contributed by atoms with Gasteiger partial charge in [0.15, 0.2) is 6.29 Å². The number of rotatable bonds is 10. The van der Waals surface area contributed by atoms with Crippen molar-refractivity contribution in [1.29, 1.82) is 0 Å². The van der Waals surface area contributed by atoms with Crippen molar-refractivity contribution in [3.63, 3.8) is 0 Å². The highest BCUT2D eigenvalue weighted by Gasteiger charge is 2.47. The van der Waals surface area contributed by atoms with Crippen molar-refractivity contribution in [2.24, 2.45) is 4.99 Å². The minimum atomic E-state index is -4.77. The van der Waals surface area contributed by atoms with Crippen molar-refractivity contribution in [3.8, 4) is 0 Å². The van der Waals surface area contributed by atoms with E-state index in [0.717, 1.165) is 5.56 Å². The molecule has 0 unspecified atom stereocenters. The summed E-state index contributed by atoms with van der Waals surface area (Å²) in [6, 6.07) is 7.78. The van der Waals surface area contributed by atoms with E-state index in [9.17, 15) is 18.6 Å². The molecule has 12 heteroatoms. The second-order valence-corrected chi connectivity index (χ2v) is 7.33. The number of nitrogens with zero attached hydrogens (tertiary/aromatic N) is 1. The lowest BCUT2D eigenvalue weighted by Gasteiger charge is -2.43. The highest BCUT2D eigenvalue weighted by molar-refractivity contribution is 7.80. The average Bonchev–Trinajstić information content (AvgIpc) is 2.66. The Bertz CT molecular complexity index is 753. The molecule has 1 aromatic rings. The van der Waals surface area contributed by atoms with Gasteiger partial charge in [-0.05, 0) is 18.4 Å². The molecular weight excluding hydrogens is 410 g/mol. The van der Waals surface area contributed by atoms with Crippen LogP contribution < -0.4 is 5.11 Å². The molecule has 164 valence electrons. The first-order valence-corrected chi connectivity index (χ1v) is 10.1. The van der Waals surface area contributed by atoms with Crippen molar-refractivity contribution < 1.29 is 46.7 Å². The number of benzene rings is 1. The topological polar surface area (TPSA) is 167 Å². The molecule has 0 radical (unpaired) electrons. The van der Waals surface area contributed by atoms with Crippen LogP contribution in [0, 0.1) is 0 Å². The first-order valence-electron chi connectivity index (χ1n) is 8.76. The van der Waals surface area contributed by atoms with Gasteiger partial charge in [-0.1, -0.05) is 30.3 Å². The lowest BCUT2D eigenvalue weighted by molar-refractivity contribution is -0.277. The van der Waals surface area contributed by atoms with Crippen molar-refractivity contribution in [1.82, 2.24) is 0 Å². The van der Waals surface area contributed by atoms with Crippen LogP contribution in [0.3, 0.4) is 0 Å². The van der Waals surface area contributed by atoms with E-state index in [1.165, 1.54) is 6.92 Å². The van der Waals surface area contributed by atoms with Gasteiger partial charge in [0, 0.05) is 0 Å². The van der Waals surface area contributed by atoms with E-state index in [1.54, 1.807) is 24.3 Å². The number of aliphatic hydroxyl groups is 2. The molecule has 1 aliphatic rings. The maximum atomic E-state index is 11.5. The molecule has 2 rings (SSSR count). The summed E-state index contributed by atoms with van der Waals surface area (Å²) in [4.78, 5) is 3.79. The summed E-state index contributed by atoms with van der Waals surface area (Å²) in [6.45, 7) is 0.0131. The summed E-state index contributed by atoms with van der Waals surface area (Å²) < 4.78 is 51.7.